The molecular formula is C11H18N2O. The fourth-order valence-electron chi connectivity index (χ4n) is 1.36. The van der Waals surface area contributed by atoms with Crippen LogP contribution in [-0.2, 0) is 6.54 Å². The fraction of sp³-hybridized carbons (Fsp3) is 0.545. The lowest BCUT2D eigenvalue weighted by molar-refractivity contribution is 0.320. The van der Waals surface area contributed by atoms with Crippen LogP contribution in [0.5, 0.6) is 0 Å². The summed E-state index contributed by atoms with van der Waals surface area (Å²) < 4.78 is 0. The van der Waals surface area contributed by atoms with Gasteiger partial charge in [-0.05, 0) is 25.6 Å². The van der Waals surface area contributed by atoms with Crippen LogP contribution in [0.25, 0.3) is 0 Å². The molecule has 1 aromatic heterocycles. The van der Waals surface area contributed by atoms with Crippen molar-refractivity contribution in [2.75, 3.05) is 13.6 Å². The topological polar surface area (TPSA) is 36.1 Å². The number of H-pyrrole nitrogens is 1. The van der Waals surface area contributed by atoms with E-state index in [1.807, 2.05) is 6.07 Å². The molecule has 0 fully saturated rings. The Morgan fingerprint density at radius 2 is 2.21 bits per heavy atom. The van der Waals surface area contributed by atoms with E-state index in [-0.39, 0.29) is 5.56 Å². The van der Waals surface area contributed by atoms with Gasteiger partial charge in [0.15, 0.2) is 0 Å². The van der Waals surface area contributed by atoms with E-state index in [9.17, 15) is 4.79 Å². The molecule has 0 unspecified atom stereocenters. The first-order valence-corrected chi connectivity index (χ1v) is 5.08. The molecule has 1 N–H and O–H groups in total. The summed E-state index contributed by atoms with van der Waals surface area (Å²) in [5, 5.41) is 0. The second kappa shape index (κ2) is 5.60. The lowest BCUT2D eigenvalue weighted by Gasteiger charge is -2.15. The fourth-order valence-corrected chi connectivity index (χ4v) is 1.36. The molecule has 0 aliphatic carbocycles. The van der Waals surface area contributed by atoms with Gasteiger partial charge in [0.1, 0.15) is 0 Å². The molecule has 1 heterocycles. The summed E-state index contributed by atoms with van der Waals surface area (Å²) in [6.45, 7) is 4.19. The van der Waals surface area contributed by atoms with Gasteiger partial charge in [0, 0.05) is 18.8 Å². The quantitative estimate of drug-likeness (QED) is 0.773. The van der Waals surface area contributed by atoms with Gasteiger partial charge in [0.2, 0.25) is 5.56 Å². The molecule has 0 aliphatic heterocycles. The monoisotopic (exact) mass is 194 g/mol. The summed E-state index contributed by atoms with van der Waals surface area (Å²) in [6, 6.07) is 3.45. The van der Waals surface area contributed by atoms with Gasteiger partial charge < -0.3 is 9.88 Å². The minimum atomic E-state index is -0.0371. The van der Waals surface area contributed by atoms with Crippen molar-refractivity contribution in [3.05, 3.63) is 34.2 Å². The normalized spacial score (nSPS) is 10.8. The summed E-state index contributed by atoms with van der Waals surface area (Å²) in [7, 11) is 2.10. The third-order valence-corrected chi connectivity index (χ3v) is 2.19. The maximum Gasteiger partial charge on any atom is 0.247 e. The molecule has 0 atom stereocenters. The van der Waals surface area contributed by atoms with E-state index in [1.165, 1.54) is 12.8 Å². The molecule has 0 amide bonds. The first-order chi connectivity index (χ1) is 6.72. The van der Waals surface area contributed by atoms with Gasteiger partial charge in [-0.3, -0.25) is 4.79 Å². The molecule has 14 heavy (non-hydrogen) atoms. The molecule has 1 aromatic rings. The van der Waals surface area contributed by atoms with E-state index in [0.717, 1.165) is 18.7 Å². The second-order valence-corrected chi connectivity index (χ2v) is 3.65. The molecule has 0 aliphatic rings. The molecule has 0 spiro atoms. The second-order valence-electron chi connectivity index (χ2n) is 3.65. The largest absolute Gasteiger partial charge is 0.329 e. The molecular weight excluding hydrogens is 176 g/mol. The van der Waals surface area contributed by atoms with Crippen molar-refractivity contribution in [1.29, 1.82) is 0 Å². The number of nitrogens with one attached hydrogen (secondary N) is 1. The molecule has 0 radical (unpaired) electrons. The number of aromatic nitrogens is 1. The van der Waals surface area contributed by atoms with Crippen LogP contribution in [-0.4, -0.2) is 23.5 Å². The highest BCUT2D eigenvalue weighted by Gasteiger charge is 1.98. The van der Waals surface area contributed by atoms with Gasteiger partial charge in [-0.15, -0.1) is 0 Å². The number of hydrogen-bond acceptors (Lipinski definition) is 2. The Morgan fingerprint density at radius 1 is 1.43 bits per heavy atom. The molecule has 0 saturated heterocycles. The Morgan fingerprint density at radius 3 is 2.79 bits per heavy atom. The van der Waals surface area contributed by atoms with Crippen LogP contribution in [0.2, 0.25) is 0 Å². The average molecular weight is 194 g/mol. The number of aromatic amines is 1. The molecule has 3 heteroatoms. The number of nitrogens with zero attached hydrogens (tertiary/aromatic N) is 1. The summed E-state index contributed by atoms with van der Waals surface area (Å²) in [5.41, 5.74) is 1.12. The Balaban J connectivity index is 2.43. The third kappa shape index (κ3) is 3.75. The molecule has 3 nitrogen and oxygen atoms in total. The summed E-state index contributed by atoms with van der Waals surface area (Å²) in [4.78, 5) is 15.8. The van der Waals surface area contributed by atoms with E-state index in [2.05, 4.69) is 23.9 Å². The van der Waals surface area contributed by atoms with Gasteiger partial charge in [-0.2, -0.15) is 0 Å². The van der Waals surface area contributed by atoms with Crippen molar-refractivity contribution >= 4 is 0 Å². The zero-order valence-corrected chi connectivity index (χ0v) is 8.92. The van der Waals surface area contributed by atoms with E-state index in [1.54, 1.807) is 12.3 Å². The van der Waals surface area contributed by atoms with Gasteiger partial charge in [0.25, 0.3) is 0 Å². The number of hydrogen-bond donors (Lipinski definition) is 1. The SMILES string of the molecule is CCCCN(C)Cc1ccc(=O)[nH]c1. The number of rotatable bonds is 5. The first kappa shape index (κ1) is 11.0. The standard InChI is InChI=1S/C11H18N2O/c1-3-4-7-13(2)9-10-5-6-11(14)12-8-10/h5-6,8H,3-4,7,9H2,1-2H3,(H,12,14). The Hall–Kier alpha value is -1.09. The number of unbranched alkanes of at least 4 members (excludes halogenated alkanes) is 1. The summed E-state index contributed by atoms with van der Waals surface area (Å²) >= 11 is 0. The van der Waals surface area contributed by atoms with Crippen molar-refractivity contribution < 1.29 is 0 Å². The van der Waals surface area contributed by atoms with Crippen LogP contribution in [0.3, 0.4) is 0 Å². The zero-order valence-electron chi connectivity index (χ0n) is 8.92. The molecule has 0 saturated carbocycles. The van der Waals surface area contributed by atoms with Crippen LogP contribution in [0, 0.1) is 0 Å². The molecule has 0 bridgehead atoms. The van der Waals surface area contributed by atoms with Crippen LogP contribution in [0.15, 0.2) is 23.1 Å². The van der Waals surface area contributed by atoms with E-state index in [4.69, 9.17) is 0 Å². The van der Waals surface area contributed by atoms with E-state index >= 15 is 0 Å². The van der Waals surface area contributed by atoms with E-state index < -0.39 is 0 Å². The highest BCUT2D eigenvalue weighted by molar-refractivity contribution is 5.08. The molecule has 0 aromatic carbocycles. The van der Waals surface area contributed by atoms with Crippen molar-refractivity contribution in [2.45, 2.75) is 26.3 Å². The van der Waals surface area contributed by atoms with Crippen LogP contribution in [0.4, 0.5) is 0 Å². The highest BCUT2D eigenvalue weighted by atomic mass is 16.1. The van der Waals surface area contributed by atoms with E-state index in [0.29, 0.717) is 0 Å². The van der Waals surface area contributed by atoms with Crippen LogP contribution >= 0.6 is 0 Å². The predicted octanol–water partition coefficient (Wildman–Crippen LogP) is 1.61. The minimum absolute atomic E-state index is 0.0371. The van der Waals surface area contributed by atoms with Crippen molar-refractivity contribution in [3.63, 3.8) is 0 Å². The summed E-state index contributed by atoms with van der Waals surface area (Å²) in [6.07, 6.45) is 4.22. The lowest BCUT2D eigenvalue weighted by Crippen LogP contribution is -2.19. The molecule has 78 valence electrons. The minimum Gasteiger partial charge on any atom is -0.329 e. The summed E-state index contributed by atoms with van der Waals surface area (Å²) in [5.74, 6) is 0. The average Bonchev–Trinajstić information content (AvgIpc) is 2.18. The van der Waals surface area contributed by atoms with Crippen molar-refractivity contribution in [1.82, 2.24) is 9.88 Å². The Bertz CT molecular complexity index is 299. The highest BCUT2D eigenvalue weighted by Crippen LogP contribution is 2.00. The van der Waals surface area contributed by atoms with Gasteiger partial charge in [0.05, 0.1) is 0 Å². The Kier molecular flexibility index (Phi) is 4.40. The van der Waals surface area contributed by atoms with Crippen LogP contribution in [0.1, 0.15) is 25.3 Å². The van der Waals surface area contributed by atoms with Crippen molar-refractivity contribution in [2.24, 2.45) is 0 Å². The maximum atomic E-state index is 10.8. The van der Waals surface area contributed by atoms with Gasteiger partial charge >= 0.3 is 0 Å². The third-order valence-electron chi connectivity index (χ3n) is 2.19. The first-order valence-electron chi connectivity index (χ1n) is 5.08. The molecule has 1 rings (SSSR count). The number of pyridine rings is 1. The predicted molar refractivity (Wildman–Crippen MR) is 58.3 cm³/mol. The zero-order chi connectivity index (χ0) is 10.4. The van der Waals surface area contributed by atoms with Crippen LogP contribution < -0.4 is 5.56 Å². The smallest absolute Gasteiger partial charge is 0.247 e. The Labute approximate surface area is 84.8 Å². The van der Waals surface area contributed by atoms with Gasteiger partial charge in [-0.1, -0.05) is 19.4 Å². The van der Waals surface area contributed by atoms with Gasteiger partial charge in [-0.25, -0.2) is 0 Å². The maximum absolute atomic E-state index is 10.8. The van der Waals surface area contributed by atoms with Crippen molar-refractivity contribution in [3.8, 4) is 0 Å². The lowest BCUT2D eigenvalue weighted by atomic mass is 10.2.